The van der Waals surface area contributed by atoms with E-state index in [9.17, 15) is 0 Å². The van der Waals surface area contributed by atoms with E-state index in [0.717, 1.165) is 11.5 Å². The number of nitrogens with one attached hydrogen (secondary N) is 1. The van der Waals surface area contributed by atoms with E-state index >= 15 is 0 Å². The highest BCUT2D eigenvalue weighted by Crippen LogP contribution is 2.11. The highest BCUT2D eigenvalue weighted by atomic mass is 15.0. The fourth-order valence-electron chi connectivity index (χ4n) is 1.06. The molecule has 0 atom stereocenters. The molecule has 63 valence electrons. The SMILES string of the molecule is [c]1ccc(Nc2ccccc2)nc1. The van der Waals surface area contributed by atoms with Crippen LogP contribution < -0.4 is 5.32 Å². The Balaban J connectivity index is 2.16. The molecule has 0 spiro atoms. The van der Waals surface area contributed by atoms with Crippen molar-refractivity contribution in [3.63, 3.8) is 0 Å². The van der Waals surface area contributed by atoms with Crippen LogP contribution in [0.1, 0.15) is 0 Å². The van der Waals surface area contributed by atoms with E-state index in [0.29, 0.717) is 0 Å². The van der Waals surface area contributed by atoms with Gasteiger partial charge in [-0.25, -0.2) is 4.98 Å². The average Bonchev–Trinajstić information content (AvgIpc) is 2.21. The van der Waals surface area contributed by atoms with E-state index in [1.54, 1.807) is 6.20 Å². The monoisotopic (exact) mass is 169 g/mol. The van der Waals surface area contributed by atoms with Crippen molar-refractivity contribution in [1.29, 1.82) is 0 Å². The van der Waals surface area contributed by atoms with Gasteiger partial charge < -0.3 is 5.32 Å². The zero-order valence-corrected chi connectivity index (χ0v) is 7.07. The van der Waals surface area contributed by atoms with Crippen molar-refractivity contribution in [3.05, 3.63) is 54.7 Å². The lowest BCUT2D eigenvalue weighted by molar-refractivity contribution is 1.30. The van der Waals surface area contributed by atoms with E-state index in [1.807, 2.05) is 42.5 Å². The predicted octanol–water partition coefficient (Wildman–Crippen LogP) is 2.63. The largest absolute Gasteiger partial charge is 0.340 e. The summed E-state index contributed by atoms with van der Waals surface area (Å²) in [5.74, 6) is 0.838. The van der Waals surface area contributed by atoms with Crippen molar-refractivity contribution >= 4 is 11.5 Å². The number of hydrogen-bond donors (Lipinski definition) is 1. The first-order valence-corrected chi connectivity index (χ1v) is 4.09. The van der Waals surface area contributed by atoms with Crippen LogP contribution in [0.25, 0.3) is 0 Å². The molecule has 2 rings (SSSR count). The number of nitrogens with zero attached hydrogens (tertiary/aromatic N) is 1. The number of pyridine rings is 1. The minimum Gasteiger partial charge on any atom is -0.340 e. The Morgan fingerprint density at radius 2 is 1.92 bits per heavy atom. The Kier molecular flexibility index (Phi) is 2.23. The van der Waals surface area contributed by atoms with Crippen LogP contribution in [0.15, 0.2) is 48.7 Å². The molecule has 0 aliphatic heterocycles. The highest BCUT2D eigenvalue weighted by Gasteiger charge is 1.91. The van der Waals surface area contributed by atoms with Gasteiger partial charge in [0.05, 0.1) is 0 Å². The number of aromatic nitrogens is 1. The van der Waals surface area contributed by atoms with Crippen molar-refractivity contribution < 1.29 is 0 Å². The molecule has 0 bridgehead atoms. The molecule has 0 unspecified atom stereocenters. The second-order valence-electron chi connectivity index (χ2n) is 2.63. The number of anilines is 2. The van der Waals surface area contributed by atoms with Crippen LogP contribution in [0.5, 0.6) is 0 Å². The molecule has 1 heterocycles. The molecule has 1 N–H and O–H groups in total. The molecule has 0 fully saturated rings. The normalized spacial score (nSPS) is 9.54. The van der Waals surface area contributed by atoms with Crippen molar-refractivity contribution in [3.8, 4) is 0 Å². The molecule has 2 heteroatoms. The summed E-state index contributed by atoms with van der Waals surface area (Å²) in [7, 11) is 0. The molecule has 1 aromatic carbocycles. The maximum absolute atomic E-state index is 4.11. The van der Waals surface area contributed by atoms with Crippen LogP contribution in [-0.4, -0.2) is 4.98 Å². The Labute approximate surface area is 77.3 Å². The van der Waals surface area contributed by atoms with Gasteiger partial charge in [-0.3, -0.25) is 0 Å². The van der Waals surface area contributed by atoms with Gasteiger partial charge in [-0.15, -0.1) is 0 Å². The van der Waals surface area contributed by atoms with Gasteiger partial charge in [0.15, 0.2) is 0 Å². The third kappa shape index (κ3) is 2.06. The summed E-state index contributed by atoms with van der Waals surface area (Å²) < 4.78 is 0. The summed E-state index contributed by atoms with van der Waals surface area (Å²) >= 11 is 0. The first-order valence-electron chi connectivity index (χ1n) is 4.09. The third-order valence-electron chi connectivity index (χ3n) is 1.66. The van der Waals surface area contributed by atoms with Crippen molar-refractivity contribution in [2.45, 2.75) is 0 Å². The molecular weight excluding hydrogens is 160 g/mol. The first kappa shape index (κ1) is 7.80. The minimum absolute atomic E-state index is 0.838. The van der Waals surface area contributed by atoms with Gasteiger partial charge in [0.2, 0.25) is 0 Å². The van der Waals surface area contributed by atoms with Gasteiger partial charge in [-0.2, -0.15) is 0 Å². The minimum atomic E-state index is 0.838. The molecule has 0 aliphatic rings. The van der Waals surface area contributed by atoms with Crippen LogP contribution in [0.2, 0.25) is 0 Å². The molecule has 0 aliphatic carbocycles. The van der Waals surface area contributed by atoms with Crippen molar-refractivity contribution in [2.24, 2.45) is 0 Å². The summed E-state index contributed by atoms with van der Waals surface area (Å²) in [5.41, 5.74) is 1.04. The van der Waals surface area contributed by atoms with Crippen molar-refractivity contribution in [2.75, 3.05) is 5.32 Å². The standard InChI is InChI=1S/C11H9N2/c1-2-6-10(7-3-1)13-11-8-4-5-9-12-11/h1-4,6-9H,(H,12,13). The number of rotatable bonds is 2. The van der Waals surface area contributed by atoms with Crippen LogP contribution in [0.3, 0.4) is 0 Å². The third-order valence-corrected chi connectivity index (χ3v) is 1.66. The van der Waals surface area contributed by atoms with Gasteiger partial charge in [-0.05, 0) is 24.3 Å². The lowest BCUT2D eigenvalue weighted by Gasteiger charge is -2.03. The van der Waals surface area contributed by atoms with Crippen LogP contribution in [0.4, 0.5) is 11.5 Å². The van der Waals surface area contributed by atoms with E-state index in [1.165, 1.54) is 0 Å². The fourth-order valence-corrected chi connectivity index (χ4v) is 1.06. The van der Waals surface area contributed by atoms with Gasteiger partial charge in [0.25, 0.3) is 0 Å². The molecule has 2 aromatic rings. The van der Waals surface area contributed by atoms with Crippen molar-refractivity contribution in [1.82, 2.24) is 4.98 Å². The summed E-state index contributed by atoms with van der Waals surface area (Å²) in [5, 5.41) is 3.17. The molecular formula is C11H9N2. The smallest absolute Gasteiger partial charge is 0.130 e. The maximum Gasteiger partial charge on any atom is 0.130 e. The predicted molar refractivity (Wildman–Crippen MR) is 52.8 cm³/mol. The molecule has 0 amide bonds. The van der Waals surface area contributed by atoms with E-state index < -0.39 is 0 Å². The first-order chi connectivity index (χ1) is 6.45. The van der Waals surface area contributed by atoms with E-state index in [4.69, 9.17) is 0 Å². The fraction of sp³-hybridized carbons (Fsp3) is 0. The molecule has 1 radical (unpaired) electrons. The summed E-state index contributed by atoms with van der Waals surface area (Å²) in [6, 6.07) is 16.5. The summed E-state index contributed by atoms with van der Waals surface area (Å²) in [6.45, 7) is 0. The molecule has 0 saturated heterocycles. The van der Waals surface area contributed by atoms with Crippen LogP contribution in [0, 0.1) is 6.07 Å². The van der Waals surface area contributed by atoms with Gasteiger partial charge in [0.1, 0.15) is 5.82 Å². The topological polar surface area (TPSA) is 24.9 Å². The number of benzene rings is 1. The zero-order valence-electron chi connectivity index (χ0n) is 7.07. The average molecular weight is 169 g/mol. The van der Waals surface area contributed by atoms with Crippen LogP contribution in [-0.2, 0) is 0 Å². The lowest BCUT2D eigenvalue weighted by atomic mass is 10.3. The Morgan fingerprint density at radius 1 is 1.08 bits per heavy atom. The molecule has 1 aromatic heterocycles. The van der Waals surface area contributed by atoms with E-state index in [-0.39, 0.29) is 0 Å². The molecule has 0 saturated carbocycles. The van der Waals surface area contributed by atoms with Gasteiger partial charge in [0, 0.05) is 18.0 Å². The Hall–Kier alpha value is -1.83. The van der Waals surface area contributed by atoms with E-state index in [2.05, 4.69) is 16.4 Å². The van der Waals surface area contributed by atoms with Crippen LogP contribution >= 0.6 is 0 Å². The lowest BCUT2D eigenvalue weighted by Crippen LogP contribution is -1.91. The second kappa shape index (κ2) is 3.72. The molecule has 13 heavy (non-hydrogen) atoms. The molecule has 2 nitrogen and oxygen atoms in total. The quantitative estimate of drug-likeness (QED) is 0.747. The zero-order chi connectivity index (χ0) is 8.93. The highest BCUT2D eigenvalue weighted by molar-refractivity contribution is 5.55. The van der Waals surface area contributed by atoms with Gasteiger partial charge >= 0.3 is 0 Å². The second-order valence-corrected chi connectivity index (χ2v) is 2.63. The Bertz CT molecular complexity index is 319. The number of para-hydroxylation sites is 1. The summed E-state index contributed by atoms with van der Waals surface area (Å²) in [6.07, 6.45) is 1.64. The Morgan fingerprint density at radius 3 is 2.62 bits per heavy atom. The number of hydrogen-bond acceptors (Lipinski definition) is 2. The van der Waals surface area contributed by atoms with Gasteiger partial charge in [-0.1, -0.05) is 18.2 Å². The maximum atomic E-state index is 4.11. The summed E-state index contributed by atoms with van der Waals surface area (Å²) in [4.78, 5) is 4.11.